The summed E-state index contributed by atoms with van der Waals surface area (Å²) in [7, 11) is 0. The van der Waals surface area contributed by atoms with Crippen molar-refractivity contribution in [3.05, 3.63) is 12.2 Å². The molecule has 0 radical (unpaired) electrons. The molecule has 0 rings (SSSR count). The highest BCUT2D eigenvalue weighted by atomic mass is 16.6. The van der Waals surface area contributed by atoms with Crippen LogP contribution in [-0.2, 0) is 28.6 Å². The number of hydrogen-bond acceptors (Lipinski definition) is 6. The lowest BCUT2D eigenvalue weighted by atomic mass is 10.0. The van der Waals surface area contributed by atoms with Crippen molar-refractivity contribution in [2.24, 2.45) is 0 Å². The van der Waals surface area contributed by atoms with Crippen LogP contribution in [0.5, 0.6) is 0 Å². The van der Waals surface area contributed by atoms with Crippen molar-refractivity contribution in [3.8, 4) is 0 Å². The number of rotatable bonds is 54. The first-order chi connectivity index (χ1) is 32.0. The lowest BCUT2D eigenvalue weighted by Crippen LogP contribution is -2.30. The Labute approximate surface area is 405 Å². The van der Waals surface area contributed by atoms with Gasteiger partial charge < -0.3 is 14.2 Å². The van der Waals surface area contributed by atoms with Crippen LogP contribution in [0, 0.1) is 0 Å². The van der Waals surface area contributed by atoms with E-state index in [-0.39, 0.29) is 31.1 Å². The third-order valence-corrected chi connectivity index (χ3v) is 13.3. The van der Waals surface area contributed by atoms with Crippen molar-refractivity contribution in [1.82, 2.24) is 0 Å². The first-order valence-electron chi connectivity index (χ1n) is 29.2. The lowest BCUT2D eigenvalue weighted by Gasteiger charge is -2.18. The molecular weight excluding hydrogens is 805 g/mol. The zero-order valence-electron chi connectivity index (χ0n) is 44.0. The van der Waals surface area contributed by atoms with E-state index in [1.807, 2.05) is 0 Å². The molecule has 0 fully saturated rings. The van der Waals surface area contributed by atoms with Gasteiger partial charge in [0.05, 0.1) is 0 Å². The van der Waals surface area contributed by atoms with Crippen LogP contribution in [0.2, 0.25) is 0 Å². The third-order valence-electron chi connectivity index (χ3n) is 13.3. The summed E-state index contributed by atoms with van der Waals surface area (Å²) in [6.45, 7) is 6.69. The van der Waals surface area contributed by atoms with Gasteiger partial charge in [0.2, 0.25) is 0 Å². The van der Waals surface area contributed by atoms with Crippen molar-refractivity contribution >= 4 is 17.9 Å². The fourth-order valence-corrected chi connectivity index (χ4v) is 8.85. The second-order valence-electron chi connectivity index (χ2n) is 19.9. The molecule has 1 atom stereocenters. The first kappa shape index (κ1) is 63.1. The molecular formula is C59H112O6. The summed E-state index contributed by atoms with van der Waals surface area (Å²) in [5.41, 5.74) is 0. The summed E-state index contributed by atoms with van der Waals surface area (Å²) in [6, 6.07) is 0. The molecule has 0 aliphatic heterocycles. The van der Waals surface area contributed by atoms with Crippen LogP contribution in [0.25, 0.3) is 0 Å². The maximum absolute atomic E-state index is 12.9. The smallest absolute Gasteiger partial charge is 0.306 e. The van der Waals surface area contributed by atoms with Crippen LogP contribution in [0.1, 0.15) is 329 Å². The van der Waals surface area contributed by atoms with Gasteiger partial charge in [-0.3, -0.25) is 14.4 Å². The zero-order valence-corrected chi connectivity index (χ0v) is 44.0. The maximum Gasteiger partial charge on any atom is 0.306 e. The molecule has 0 aromatic rings. The number of unbranched alkanes of at least 4 members (excludes halogenated alkanes) is 41. The predicted octanol–water partition coefficient (Wildman–Crippen LogP) is 19.3. The number of esters is 3. The quantitative estimate of drug-likeness (QED) is 0.0262. The normalized spacial score (nSPS) is 12.0. The molecule has 0 aliphatic rings. The molecule has 0 aromatic heterocycles. The van der Waals surface area contributed by atoms with Gasteiger partial charge in [-0.05, 0) is 44.9 Å². The summed E-state index contributed by atoms with van der Waals surface area (Å²) in [5, 5.41) is 0. The molecule has 65 heavy (non-hydrogen) atoms. The van der Waals surface area contributed by atoms with Gasteiger partial charge in [-0.25, -0.2) is 0 Å². The van der Waals surface area contributed by atoms with E-state index < -0.39 is 6.10 Å². The Morgan fingerprint density at radius 3 is 0.769 bits per heavy atom. The number of allylic oxidation sites excluding steroid dienone is 2. The van der Waals surface area contributed by atoms with Crippen LogP contribution in [-0.4, -0.2) is 37.2 Å². The average molecular weight is 918 g/mol. The number of ether oxygens (including phenoxy) is 3. The standard InChI is InChI=1S/C59H112O6/c1-4-7-10-13-16-19-22-25-27-29-31-34-37-40-43-46-49-52-58(61)64-55-56(54-63-57(60)51-48-45-42-39-36-33-24-21-18-15-12-9-6-3)65-59(62)53-50-47-44-41-38-35-32-30-28-26-23-20-17-14-11-8-5-2/h25,27,56H,4-24,26,28-55H2,1-3H3/t56-/m1/s1. The number of carbonyl (C=O) groups is 3. The van der Waals surface area contributed by atoms with E-state index in [4.69, 9.17) is 14.2 Å². The highest BCUT2D eigenvalue weighted by Crippen LogP contribution is 2.17. The van der Waals surface area contributed by atoms with Crippen LogP contribution < -0.4 is 0 Å². The lowest BCUT2D eigenvalue weighted by molar-refractivity contribution is -0.167. The van der Waals surface area contributed by atoms with Gasteiger partial charge in [-0.2, -0.15) is 0 Å². The molecule has 0 bridgehead atoms. The number of hydrogen-bond donors (Lipinski definition) is 0. The van der Waals surface area contributed by atoms with E-state index in [2.05, 4.69) is 32.9 Å². The molecule has 6 heteroatoms. The second kappa shape index (κ2) is 54.8. The number of carbonyl (C=O) groups excluding carboxylic acids is 3. The van der Waals surface area contributed by atoms with Crippen molar-refractivity contribution in [2.45, 2.75) is 335 Å². The fourth-order valence-electron chi connectivity index (χ4n) is 8.85. The van der Waals surface area contributed by atoms with E-state index >= 15 is 0 Å². The van der Waals surface area contributed by atoms with E-state index in [0.717, 1.165) is 57.8 Å². The first-order valence-corrected chi connectivity index (χ1v) is 29.2. The summed E-state index contributed by atoms with van der Waals surface area (Å²) in [4.78, 5) is 38.1. The molecule has 0 aromatic carbocycles. The summed E-state index contributed by atoms with van der Waals surface area (Å²) in [5.74, 6) is -0.845. The Morgan fingerprint density at radius 1 is 0.292 bits per heavy atom. The summed E-state index contributed by atoms with van der Waals surface area (Å²) in [6.07, 6.45) is 62.0. The Balaban J connectivity index is 4.31. The highest BCUT2D eigenvalue weighted by molar-refractivity contribution is 5.71. The second-order valence-corrected chi connectivity index (χ2v) is 19.9. The van der Waals surface area contributed by atoms with Crippen LogP contribution in [0.4, 0.5) is 0 Å². The van der Waals surface area contributed by atoms with Gasteiger partial charge in [0.1, 0.15) is 13.2 Å². The predicted molar refractivity (Wildman–Crippen MR) is 280 cm³/mol. The van der Waals surface area contributed by atoms with E-state index in [1.165, 1.54) is 231 Å². The molecule has 0 unspecified atom stereocenters. The molecule has 0 saturated carbocycles. The zero-order chi connectivity index (χ0) is 47.2. The van der Waals surface area contributed by atoms with Gasteiger partial charge >= 0.3 is 17.9 Å². The highest BCUT2D eigenvalue weighted by Gasteiger charge is 2.19. The minimum Gasteiger partial charge on any atom is -0.462 e. The van der Waals surface area contributed by atoms with Crippen molar-refractivity contribution in [1.29, 1.82) is 0 Å². The topological polar surface area (TPSA) is 78.9 Å². The average Bonchev–Trinajstić information content (AvgIpc) is 3.30. The van der Waals surface area contributed by atoms with Crippen LogP contribution in [0.15, 0.2) is 12.2 Å². The van der Waals surface area contributed by atoms with Crippen LogP contribution >= 0.6 is 0 Å². The van der Waals surface area contributed by atoms with Gasteiger partial charge in [0, 0.05) is 19.3 Å². The minimum absolute atomic E-state index is 0.0652. The van der Waals surface area contributed by atoms with E-state index in [0.29, 0.717) is 19.3 Å². The van der Waals surface area contributed by atoms with Crippen molar-refractivity contribution < 1.29 is 28.6 Å². The largest absolute Gasteiger partial charge is 0.462 e. The monoisotopic (exact) mass is 917 g/mol. The molecule has 384 valence electrons. The van der Waals surface area contributed by atoms with E-state index in [9.17, 15) is 14.4 Å². The molecule has 0 aliphatic carbocycles. The molecule has 0 amide bonds. The van der Waals surface area contributed by atoms with Gasteiger partial charge in [-0.15, -0.1) is 0 Å². The van der Waals surface area contributed by atoms with Crippen LogP contribution in [0.3, 0.4) is 0 Å². The van der Waals surface area contributed by atoms with Gasteiger partial charge in [0.15, 0.2) is 6.10 Å². The van der Waals surface area contributed by atoms with Gasteiger partial charge in [0.25, 0.3) is 0 Å². The molecule has 0 heterocycles. The molecule has 0 spiro atoms. The van der Waals surface area contributed by atoms with E-state index in [1.54, 1.807) is 0 Å². The fraction of sp³-hybridized carbons (Fsp3) is 0.915. The Bertz CT molecular complexity index is 1010. The van der Waals surface area contributed by atoms with Gasteiger partial charge in [-0.1, -0.05) is 277 Å². The Hall–Kier alpha value is -1.85. The van der Waals surface area contributed by atoms with Crippen molar-refractivity contribution in [2.75, 3.05) is 13.2 Å². The molecule has 0 N–H and O–H groups in total. The summed E-state index contributed by atoms with van der Waals surface area (Å²) >= 11 is 0. The summed E-state index contributed by atoms with van der Waals surface area (Å²) < 4.78 is 16.9. The molecule has 6 nitrogen and oxygen atoms in total. The SMILES string of the molecule is CCCCCCCCC=CCCCCCCCCCC(=O)OC[C@@H](COC(=O)CCCCCCCCCCCCCCC)OC(=O)CCCCCCCCCCCCCCCCCCC. The minimum atomic E-state index is -0.766. The Kier molecular flexibility index (Phi) is 53.2. The van der Waals surface area contributed by atoms with Crippen molar-refractivity contribution in [3.63, 3.8) is 0 Å². The Morgan fingerprint density at radius 2 is 0.508 bits per heavy atom. The maximum atomic E-state index is 12.9. The third kappa shape index (κ3) is 53.0. The molecule has 0 saturated heterocycles.